The van der Waals surface area contributed by atoms with Crippen molar-refractivity contribution in [3.05, 3.63) is 29.9 Å². The molecule has 0 aromatic carbocycles. The molecule has 0 fully saturated rings. The maximum atomic E-state index is 10.9. The maximum absolute atomic E-state index is 10.9. The van der Waals surface area contributed by atoms with Crippen LogP contribution in [-0.4, -0.2) is 38.0 Å². The van der Waals surface area contributed by atoms with Crippen LogP contribution in [0.15, 0.2) is 18.5 Å². The first-order chi connectivity index (χ1) is 9.40. The van der Waals surface area contributed by atoms with Gasteiger partial charge >= 0.3 is 11.9 Å². The molecule has 2 rings (SSSR count). The van der Waals surface area contributed by atoms with Gasteiger partial charge in [-0.2, -0.15) is 0 Å². The lowest BCUT2D eigenvalue weighted by atomic mass is 9.89. The van der Waals surface area contributed by atoms with E-state index in [0.717, 1.165) is 30.7 Å². The van der Waals surface area contributed by atoms with E-state index in [9.17, 15) is 14.4 Å². The van der Waals surface area contributed by atoms with Gasteiger partial charge in [0.05, 0.1) is 12.0 Å². The van der Waals surface area contributed by atoms with Crippen LogP contribution in [0.25, 0.3) is 0 Å². The number of hydrogen-bond acceptors (Lipinski definition) is 4. The number of nitrogens with zero attached hydrogens (tertiary/aromatic N) is 1. The molecule has 8 heteroatoms. The van der Waals surface area contributed by atoms with E-state index in [1.807, 2.05) is 0 Å². The fraction of sp³-hybridized carbons (Fsp3) is 0.333. The zero-order chi connectivity index (χ0) is 15.1. The lowest BCUT2D eigenvalue weighted by molar-refractivity contribution is -0.134. The van der Waals surface area contributed by atoms with E-state index in [2.05, 4.69) is 9.97 Å². The number of nitrogens with one attached hydrogen (secondary N) is 1. The largest absolute Gasteiger partial charge is 0.478 e. The van der Waals surface area contributed by atoms with E-state index < -0.39 is 11.9 Å². The van der Waals surface area contributed by atoms with E-state index in [4.69, 9.17) is 15.9 Å². The van der Waals surface area contributed by atoms with Crippen molar-refractivity contribution in [2.75, 3.05) is 0 Å². The molecule has 0 saturated carbocycles. The van der Waals surface area contributed by atoms with Crippen LogP contribution in [0.4, 0.5) is 0 Å². The molecule has 108 valence electrons. The zero-order valence-electron chi connectivity index (χ0n) is 10.6. The summed E-state index contributed by atoms with van der Waals surface area (Å²) in [6.45, 7) is 0. The SMILES string of the molecule is NC(=O)C1CCc2nc[nH]c2C1.O=C(O)/C=C/C(=O)O. The van der Waals surface area contributed by atoms with Crippen LogP contribution in [0.3, 0.4) is 0 Å². The lowest BCUT2D eigenvalue weighted by Gasteiger charge is -2.17. The first-order valence-electron chi connectivity index (χ1n) is 5.84. The summed E-state index contributed by atoms with van der Waals surface area (Å²) in [6.07, 6.45) is 5.23. The van der Waals surface area contributed by atoms with Crippen molar-refractivity contribution in [3.63, 3.8) is 0 Å². The number of carboxylic acids is 2. The van der Waals surface area contributed by atoms with Crippen molar-refractivity contribution >= 4 is 17.8 Å². The number of hydrogen-bond donors (Lipinski definition) is 4. The van der Waals surface area contributed by atoms with Crippen molar-refractivity contribution in [2.24, 2.45) is 11.7 Å². The highest BCUT2D eigenvalue weighted by Crippen LogP contribution is 2.22. The summed E-state index contributed by atoms with van der Waals surface area (Å²) in [6, 6.07) is 0. The Labute approximate surface area is 114 Å². The summed E-state index contributed by atoms with van der Waals surface area (Å²) in [5.74, 6) is -2.71. The Morgan fingerprint density at radius 2 is 1.90 bits per heavy atom. The number of aliphatic carboxylic acids is 2. The molecule has 5 N–H and O–H groups in total. The van der Waals surface area contributed by atoms with Crippen LogP contribution in [0.1, 0.15) is 17.8 Å². The minimum atomic E-state index is -1.26. The number of carbonyl (C=O) groups excluding carboxylic acids is 1. The highest BCUT2D eigenvalue weighted by molar-refractivity contribution is 5.89. The molecule has 0 saturated heterocycles. The van der Waals surface area contributed by atoms with Gasteiger partial charge in [-0.25, -0.2) is 14.6 Å². The minimum absolute atomic E-state index is 0.00190. The molecule has 8 nitrogen and oxygen atoms in total. The number of aromatic nitrogens is 2. The van der Waals surface area contributed by atoms with E-state index in [1.54, 1.807) is 6.33 Å². The summed E-state index contributed by atoms with van der Waals surface area (Å²) in [4.78, 5) is 37.1. The molecule has 1 atom stereocenters. The first-order valence-corrected chi connectivity index (χ1v) is 5.84. The summed E-state index contributed by atoms with van der Waals surface area (Å²) in [5, 5.41) is 15.6. The molecular weight excluding hydrogens is 266 g/mol. The minimum Gasteiger partial charge on any atom is -0.478 e. The Balaban J connectivity index is 0.000000221. The summed E-state index contributed by atoms with van der Waals surface area (Å²) in [5.41, 5.74) is 7.38. The number of imidazole rings is 1. The van der Waals surface area contributed by atoms with Crippen molar-refractivity contribution in [2.45, 2.75) is 19.3 Å². The van der Waals surface area contributed by atoms with Crippen molar-refractivity contribution in [3.8, 4) is 0 Å². The molecule has 1 amide bonds. The smallest absolute Gasteiger partial charge is 0.328 e. The second kappa shape index (κ2) is 7.07. The molecule has 1 aromatic rings. The average molecular weight is 281 g/mol. The second-order valence-corrected chi connectivity index (χ2v) is 4.18. The molecule has 0 bridgehead atoms. The molecule has 0 aliphatic heterocycles. The van der Waals surface area contributed by atoms with E-state index in [1.165, 1.54) is 0 Å². The summed E-state index contributed by atoms with van der Waals surface area (Å²) in [7, 11) is 0. The number of H-pyrrole nitrogens is 1. The molecule has 20 heavy (non-hydrogen) atoms. The topological polar surface area (TPSA) is 146 Å². The fourth-order valence-electron chi connectivity index (χ4n) is 1.79. The molecule has 1 aliphatic carbocycles. The maximum Gasteiger partial charge on any atom is 0.328 e. The predicted octanol–water partition coefficient (Wildman–Crippen LogP) is -0.288. The highest BCUT2D eigenvalue weighted by Gasteiger charge is 2.23. The fourth-order valence-corrected chi connectivity index (χ4v) is 1.79. The quantitative estimate of drug-likeness (QED) is 0.560. The van der Waals surface area contributed by atoms with Gasteiger partial charge in [-0.05, 0) is 12.8 Å². The zero-order valence-corrected chi connectivity index (χ0v) is 10.6. The number of primary amides is 1. The van der Waals surface area contributed by atoms with E-state index in [0.29, 0.717) is 12.2 Å². The Kier molecular flexibility index (Phi) is 5.45. The van der Waals surface area contributed by atoms with Crippen LogP contribution in [0.5, 0.6) is 0 Å². The van der Waals surface area contributed by atoms with Crippen LogP contribution in [-0.2, 0) is 27.2 Å². The number of nitrogens with two attached hydrogens (primary N) is 1. The van der Waals surface area contributed by atoms with Gasteiger partial charge in [0.15, 0.2) is 0 Å². The number of carboxylic acid groups (broad SMARTS) is 2. The number of amides is 1. The van der Waals surface area contributed by atoms with Gasteiger partial charge in [0.2, 0.25) is 5.91 Å². The van der Waals surface area contributed by atoms with E-state index >= 15 is 0 Å². The van der Waals surface area contributed by atoms with Crippen LogP contribution < -0.4 is 5.73 Å². The normalized spacial score (nSPS) is 16.9. The van der Waals surface area contributed by atoms with Gasteiger partial charge in [-0.3, -0.25) is 4.79 Å². The molecule has 1 unspecified atom stereocenters. The van der Waals surface area contributed by atoms with Crippen molar-refractivity contribution in [1.29, 1.82) is 0 Å². The monoisotopic (exact) mass is 281 g/mol. The number of carbonyl (C=O) groups is 3. The molecule has 1 aliphatic rings. The van der Waals surface area contributed by atoms with Gasteiger partial charge in [0.25, 0.3) is 0 Å². The second-order valence-electron chi connectivity index (χ2n) is 4.18. The molecule has 0 radical (unpaired) electrons. The van der Waals surface area contributed by atoms with Gasteiger partial charge in [-0.15, -0.1) is 0 Å². The number of rotatable bonds is 3. The van der Waals surface area contributed by atoms with E-state index in [-0.39, 0.29) is 11.8 Å². The summed E-state index contributed by atoms with van der Waals surface area (Å²) >= 11 is 0. The van der Waals surface area contributed by atoms with Crippen LogP contribution >= 0.6 is 0 Å². The third-order valence-electron chi connectivity index (χ3n) is 2.76. The first kappa shape index (κ1) is 15.4. The third-order valence-corrected chi connectivity index (χ3v) is 2.76. The van der Waals surface area contributed by atoms with Crippen LogP contribution in [0.2, 0.25) is 0 Å². The average Bonchev–Trinajstić information content (AvgIpc) is 2.84. The molecule has 0 spiro atoms. The lowest BCUT2D eigenvalue weighted by Crippen LogP contribution is -2.28. The number of aromatic amines is 1. The summed E-state index contributed by atoms with van der Waals surface area (Å²) < 4.78 is 0. The molecule has 1 heterocycles. The number of aryl methyl sites for hydroxylation is 1. The Hall–Kier alpha value is -2.64. The van der Waals surface area contributed by atoms with Crippen molar-refractivity contribution in [1.82, 2.24) is 9.97 Å². The van der Waals surface area contributed by atoms with Gasteiger partial charge in [0, 0.05) is 30.2 Å². The standard InChI is InChI=1S/C8H11N3O.C4H4O4/c9-8(12)5-1-2-6-7(3-5)11-4-10-6;5-3(6)1-2-4(7)8/h4-5H,1-3H2,(H2,9,12)(H,10,11);1-2H,(H,5,6)(H,7,8)/b;2-1+. The van der Waals surface area contributed by atoms with Gasteiger partial charge in [0.1, 0.15) is 0 Å². The Morgan fingerprint density at radius 1 is 1.30 bits per heavy atom. The Morgan fingerprint density at radius 3 is 2.40 bits per heavy atom. The van der Waals surface area contributed by atoms with Crippen molar-refractivity contribution < 1.29 is 24.6 Å². The third kappa shape index (κ3) is 4.92. The predicted molar refractivity (Wildman–Crippen MR) is 67.7 cm³/mol. The molecule has 1 aromatic heterocycles. The van der Waals surface area contributed by atoms with Gasteiger partial charge < -0.3 is 20.9 Å². The van der Waals surface area contributed by atoms with Crippen LogP contribution in [0, 0.1) is 5.92 Å². The van der Waals surface area contributed by atoms with Gasteiger partial charge in [-0.1, -0.05) is 0 Å². The molecular formula is C12H15N3O5. The highest BCUT2D eigenvalue weighted by atomic mass is 16.4. The Bertz CT molecular complexity index is 519. The number of fused-ring (bicyclic) bond motifs is 1.